The summed E-state index contributed by atoms with van der Waals surface area (Å²) in [6, 6.07) is 36.1. The maximum atomic E-state index is 8.94. The Morgan fingerprint density at radius 2 is 1.06 bits per heavy atom. The average Bonchev–Trinajstić information content (AvgIpc) is 3.71. The van der Waals surface area contributed by atoms with E-state index in [0.29, 0.717) is 16.7 Å². The summed E-state index contributed by atoms with van der Waals surface area (Å²) in [7, 11) is 0. The first-order valence-corrected chi connectivity index (χ1v) is 17.6. The molecule has 10 aromatic rings. The molecule has 0 aliphatic rings. The maximum Gasteiger partial charge on any atom is 0.0640 e. The number of anilines is 3. The molecule has 0 atom stereocenters. The Hall–Kier alpha value is -6.48. The third-order valence-electron chi connectivity index (χ3n) is 9.47. The summed E-state index contributed by atoms with van der Waals surface area (Å²) >= 11 is 1.67. The first-order valence-electron chi connectivity index (χ1n) is 22.8. The van der Waals surface area contributed by atoms with Gasteiger partial charge in [-0.3, -0.25) is 0 Å². The minimum atomic E-state index is -0.507. The predicted molar refractivity (Wildman–Crippen MR) is 225 cm³/mol. The minimum absolute atomic E-state index is 0.0175. The zero-order valence-corrected chi connectivity index (χ0v) is 28.3. The highest BCUT2D eigenvalue weighted by atomic mass is 32.1. The third-order valence-corrected chi connectivity index (χ3v) is 10.7. The zero-order chi connectivity index (χ0) is 44.9. The molecule has 52 heavy (non-hydrogen) atoms. The van der Waals surface area contributed by atoms with E-state index in [0.717, 1.165) is 53.6 Å². The molecule has 2 heteroatoms. The van der Waals surface area contributed by atoms with Gasteiger partial charge in [0.05, 0.1) is 26.8 Å². The van der Waals surface area contributed by atoms with Crippen molar-refractivity contribution in [1.29, 1.82) is 0 Å². The van der Waals surface area contributed by atoms with Crippen LogP contribution >= 0.6 is 11.3 Å². The smallest absolute Gasteiger partial charge is 0.0640 e. The molecular formula is C50H33NS. The van der Waals surface area contributed by atoms with Gasteiger partial charge in [-0.25, -0.2) is 0 Å². The van der Waals surface area contributed by atoms with Gasteiger partial charge in [-0.15, -0.1) is 11.3 Å². The van der Waals surface area contributed by atoms with Gasteiger partial charge in [-0.05, 0) is 91.3 Å². The highest BCUT2D eigenvalue weighted by Gasteiger charge is 2.19. The van der Waals surface area contributed by atoms with E-state index in [9.17, 15) is 0 Å². The van der Waals surface area contributed by atoms with Crippen LogP contribution in [-0.4, -0.2) is 0 Å². The Morgan fingerprint density at radius 3 is 1.87 bits per heavy atom. The van der Waals surface area contributed by atoms with E-state index in [4.69, 9.17) is 16.4 Å². The molecule has 1 nitrogen and oxygen atoms in total. The third kappa shape index (κ3) is 5.16. The lowest BCUT2D eigenvalue weighted by molar-refractivity contribution is 1.30. The Bertz CT molecular complexity index is 3550. The fraction of sp³-hybridized carbons (Fsp3) is 0. The monoisotopic (exact) mass is 691 g/mol. The number of fused-ring (bicyclic) bond motifs is 5. The van der Waals surface area contributed by atoms with E-state index >= 15 is 0 Å². The summed E-state index contributed by atoms with van der Waals surface area (Å²) in [5.74, 6) is 0. The van der Waals surface area contributed by atoms with Crippen molar-refractivity contribution in [2.75, 3.05) is 4.90 Å². The van der Waals surface area contributed by atoms with Crippen molar-refractivity contribution in [3.05, 3.63) is 200 Å². The van der Waals surface area contributed by atoms with Gasteiger partial charge in [0, 0.05) is 26.8 Å². The van der Waals surface area contributed by atoms with Crippen LogP contribution in [-0.2, 0) is 0 Å². The summed E-state index contributed by atoms with van der Waals surface area (Å²) in [6.07, 6.45) is 0. The van der Waals surface area contributed by atoms with Gasteiger partial charge in [-0.1, -0.05) is 164 Å². The molecule has 1 heterocycles. The topological polar surface area (TPSA) is 3.24 Å². The molecular weight excluding hydrogens is 647 g/mol. The van der Waals surface area contributed by atoms with E-state index < -0.39 is 48.3 Å². The molecule has 1 aromatic heterocycles. The van der Waals surface area contributed by atoms with Crippen molar-refractivity contribution < 1.29 is 16.4 Å². The van der Waals surface area contributed by atoms with Crippen LogP contribution in [0.1, 0.15) is 16.4 Å². The quantitative estimate of drug-likeness (QED) is 0.168. The lowest BCUT2D eigenvalue weighted by Crippen LogP contribution is -2.10. The van der Waals surface area contributed by atoms with Gasteiger partial charge >= 0.3 is 0 Å². The summed E-state index contributed by atoms with van der Waals surface area (Å²) < 4.78 is 105. The van der Waals surface area contributed by atoms with Crippen LogP contribution in [0, 0.1) is 0 Å². The molecule has 0 fully saturated rings. The number of thiophene rings is 1. The summed E-state index contributed by atoms with van der Waals surface area (Å²) in [6.45, 7) is 0. The van der Waals surface area contributed by atoms with Crippen LogP contribution in [0.2, 0.25) is 0 Å². The van der Waals surface area contributed by atoms with E-state index in [-0.39, 0.29) is 46.1 Å². The molecule has 9 aromatic carbocycles. The zero-order valence-electron chi connectivity index (χ0n) is 39.5. The van der Waals surface area contributed by atoms with Gasteiger partial charge in [0.1, 0.15) is 0 Å². The maximum absolute atomic E-state index is 8.94. The SMILES string of the molecule is [2H]c1c([2H])c([2H])c(-c2c(-c3ccc(N(c4ccc(-c5c([2H])c([2H])c([2H])c6c([2H])c([2H])c([2H])c([2H])c56)cc4)c4cccc5c4sc4ccccc45)cc3)ccc3ccccc23)c([2H])c1[2H]. The predicted octanol–water partition coefficient (Wildman–Crippen LogP) is 14.8. The van der Waals surface area contributed by atoms with E-state index in [2.05, 4.69) is 23.1 Å². The van der Waals surface area contributed by atoms with Crippen LogP contribution in [0.3, 0.4) is 0 Å². The van der Waals surface area contributed by atoms with Gasteiger partial charge < -0.3 is 4.90 Å². The summed E-state index contributed by atoms with van der Waals surface area (Å²) in [4.78, 5) is 2.11. The van der Waals surface area contributed by atoms with Crippen LogP contribution in [0.5, 0.6) is 0 Å². The lowest BCUT2D eigenvalue weighted by Gasteiger charge is -2.27. The van der Waals surface area contributed by atoms with E-state index in [1.165, 1.54) is 0 Å². The second kappa shape index (κ2) is 12.7. The highest BCUT2D eigenvalue weighted by Crippen LogP contribution is 2.46. The van der Waals surface area contributed by atoms with Crippen molar-refractivity contribution in [2.45, 2.75) is 0 Å². The summed E-state index contributed by atoms with van der Waals surface area (Å²) in [5, 5.41) is 3.71. The molecule has 244 valence electrons. The average molecular weight is 692 g/mol. The Kier molecular flexibility index (Phi) is 4.98. The first kappa shape index (κ1) is 20.4. The first-order chi connectivity index (χ1) is 30.8. The van der Waals surface area contributed by atoms with Crippen LogP contribution in [0.4, 0.5) is 17.1 Å². The molecule has 0 aliphatic carbocycles. The van der Waals surface area contributed by atoms with Crippen molar-refractivity contribution in [3.8, 4) is 33.4 Å². The number of rotatable bonds is 6. The fourth-order valence-corrected chi connectivity index (χ4v) is 8.29. The Morgan fingerprint density at radius 1 is 0.404 bits per heavy atom. The molecule has 0 spiro atoms. The molecule has 10 rings (SSSR count). The lowest BCUT2D eigenvalue weighted by atomic mass is 9.90. The van der Waals surface area contributed by atoms with Gasteiger partial charge in [0.15, 0.2) is 0 Å². The van der Waals surface area contributed by atoms with Crippen molar-refractivity contribution >= 4 is 70.1 Å². The van der Waals surface area contributed by atoms with Crippen LogP contribution < -0.4 is 4.90 Å². The molecule has 0 radical (unpaired) electrons. The Labute approximate surface area is 324 Å². The number of benzene rings is 9. The van der Waals surface area contributed by atoms with Crippen LogP contribution in [0.15, 0.2) is 200 Å². The number of hydrogen-bond acceptors (Lipinski definition) is 2. The largest absolute Gasteiger partial charge is 0.309 e. The van der Waals surface area contributed by atoms with Crippen molar-refractivity contribution in [1.82, 2.24) is 0 Å². The van der Waals surface area contributed by atoms with Crippen LogP contribution in [0.25, 0.3) is 75.1 Å². The normalized spacial score (nSPS) is 14.7. The molecule has 0 saturated heterocycles. The van der Waals surface area contributed by atoms with E-state index in [1.54, 1.807) is 23.5 Å². The molecule has 0 saturated carbocycles. The standard InChI is InChI=1S/C50H33NS/c1-2-14-38(15-3-1)49-43-18-7-5-13-35(43)28-33-44(49)37-26-31-40(32-27-37)51(47-22-11-21-46-45-19-8-9-23-48(45)52-50(46)47)39-29-24-36(25-30-39)42-20-10-16-34-12-4-6-17-41(34)42/h1-33H/i1D,2D,3D,4D,6D,10D,12D,14D,15D,16D,17D,20D. The minimum Gasteiger partial charge on any atom is -0.309 e. The molecule has 0 N–H and O–H groups in total. The fourth-order valence-electron chi connectivity index (χ4n) is 7.09. The molecule has 0 bridgehead atoms. The summed E-state index contributed by atoms with van der Waals surface area (Å²) in [5.41, 5.74) is 5.08. The van der Waals surface area contributed by atoms with Gasteiger partial charge in [-0.2, -0.15) is 0 Å². The molecule has 0 unspecified atom stereocenters. The van der Waals surface area contributed by atoms with E-state index in [1.807, 2.05) is 97.1 Å². The molecule has 0 amide bonds. The van der Waals surface area contributed by atoms with Crippen molar-refractivity contribution in [3.63, 3.8) is 0 Å². The second-order valence-electron chi connectivity index (χ2n) is 12.4. The Balaban J connectivity index is 1.17. The van der Waals surface area contributed by atoms with Gasteiger partial charge in [0.25, 0.3) is 0 Å². The van der Waals surface area contributed by atoms with Crippen molar-refractivity contribution in [2.24, 2.45) is 0 Å². The molecule has 0 aliphatic heterocycles. The number of hydrogen-bond donors (Lipinski definition) is 0. The number of nitrogens with zero attached hydrogens (tertiary/aromatic N) is 1. The highest BCUT2D eigenvalue weighted by molar-refractivity contribution is 7.26. The van der Waals surface area contributed by atoms with Gasteiger partial charge in [0.2, 0.25) is 0 Å². The second-order valence-corrected chi connectivity index (χ2v) is 13.4.